The fourth-order valence-corrected chi connectivity index (χ4v) is 2.23. The normalized spacial score (nSPS) is 14.0. The van der Waals surface area contributed by atoms with Gasteiger partial charge in [-0.1, -0.05) is 6.92 Å². The number of hydroxylamine groups is 1. The highest BCUT2D eigenvalue weighted by Gasteiger charge is 2.24. The summed E-state index contributed by atoms with van der Waals surface area (Å²) in [5, 5.41) is 10.8. The van der Waals surface area contributed by atoms with Crippen molar-refractivity contribution in [3.05, 3.63) is 29.0 Å². The Kier molecular flexibility index (Phi) is 3.35. The summed E-state index contributed by atoms with van der Waals surface area (Å²) in [6.45, 7) is 3.77. The van der Waals surface area contributed by atoms with Gasteiger partial charge in [0.2, 0.25) is 5.91 Å². The van der Waals surface area contributed by atoms with Gasteiger partial charge in [-0.15, -0.1) is 0 Å². The number of nitrogens with zero attached hydrogens (tertiary/aromatic N) is 1. The Morgan fingerprint density at radius 3 is 2.74 bits per heavy atom. The quantitative estimate of drug-likeness (QED) is 0.776. The maximum Gasteiger partial charge on any atom is 0.248 e. The molecule has 1 aromatic rings. The molecule has 2 rings (SSSR count). The number of methoxy groups -OCH3 is 1. The van der Waals surface area contributed by atoms with Crippen molar-refractivity contribution in [3.8, 4) is 5.75 Å². The molecule has 0 unspecified atom stereocenters. The first kappa shape index (κ1) is 13.2. The van der Waals surface area contributed by atoms with Gasteiger partial charge in [-0.3, -0.25) is 15.4 Å². The first-order valence-corrected chi connectivity index (χ1v) is 5.97. The molecular formula is C13H17N3O3. The molecule has 0 fully saturated rings. The number of hydrogen-bond donors (Lipinski definition) is 3. The van der Waals surface area contributed by atoms with Crippen LogP contribution in [0, 0.1) is 0 Å². The lowest BCUT2D eigenvalue weighted by atomic mass is 9.95. The molecule has 1 aromatic carbocycles. The number of hydrazine groups is 1. The van der Waals surface area contributed by atoms with Crippen LogP contribution in [0.2, 0.25) is 0 Å². The van der Waals surface area contributed by atoms with Gasteiger partial charge in [0.15, 0.2) is 0 Å². The Bertz CT molecular complexity index is 566. The molecule has 0 bridgehead atoms. The smallest absolute Gasteiger partial charge is 0.248 e. The molecule has 4 N–H and O–H groups in total. The second-order valence-corrected chi connectivity index (χ2v) is 4.31. The largest absolute Gasteiger partial charge is 0.494 e. The Hall–Kier alpha value is -2.21. The second kappa shape index (κ2) is 4.81. The summed E-state index contributed by atoms with van der Waals surface area (Å²) in [6.07, 6.45) is 0.711. The number of carbonyl (C=O) groups is 1. The highest BCUT2D eigenvalue weighted by atomic mass is 16.5. The number of anilines is 1. The van der Waals surface area contributed by atoms with Gasteiger partial charge in [-0.2, -0.15) is 5.17 Å². The van der Waals surface area contributed by atoms with Gasteiger partial charge in [0.25, 0.3) is 0 Å². The Labute approximate surface area is 111 Å². The maximum absolute atomic E-state index is 11.4. The molecule has 0 atom stereocenters. The van der Waals surface area contributed by atoms with Crippen molar-refractivity contribution in [1.82, 2.24) is 5.17 Å². The number of carbonyl (C=O) groups excluding carboxylic acids is 1. The molecular weight excluding hydrogens is 246 g/mol. The van der Waals surface area contributed by atoms with E-state index in [1.807, 2.05) is 6.92 Å². The average Bonchev–Trinajstić information content (AvgIpc) is 2.39. The molecule has 0 radical (unpaired) electrons. The molecule has 1 aliphatic heterocycles. The van der Waals surface area contributed by atoms with Crippen LogP contribution in [0.4, 0.5) is 5.69 Å². The number of allylic oxidation sites excluding steroid dienone is 2. The Morgan fingerprint density at radius 2 is 2.21 bits per heavy atom. The number of nitrogens with one attached hydrogen (secondary N) is 1. The van der Waals surface area contributed by atoms with Crippen LogP contribution >= 0.6 is 0 Å². The number of amides is 1. The van der Waals surface area contributed by atoms with Crippen molar-refractivity contribution in [2.24, 2.45) is 5.73 Å². The van der Waals surface area contributed by atoms with Crippen LogP contribution in [0.5, 0.6) is 5.75 Å². The zero-order chi connectivity index (χ0) is 14.2. The fourth-order valence-electron chi connectivity index (χ4n) is 2.23. The van der Waals surface area contributed by atoms with Crippen molar-refractivity contribution in [2.75, 3.05) is 12.5 Å². The van der Waals surface area contributed by atoms with Gasteiger partial charge in [0.05, 0.1) is 12.8 Å². The highest BCUT2D eigenvalue weighted by molar-refractivity contribution is 5.97. The molecule has 0 aliphatic carbocycles. The highest BCUT2D eigenvalue weighted by Crippen LogP contribution is 2.40. The topological polar surface area (TPSA) is 87.8 Å². The monoisotopic (exact) mass is 263 g/mol. The van der Waals surface area contributed by atoms with Crippen LogP contribution in [0.25, 0.3) is 5.57 Å². The standard InChI is InChI=1S/C13H17N3O3/c1-4-9-7(2)16(18)15-12-10(9)5-8(13(14)17)6-11(12)19-3/h5-6,15,18H,4H2,1-3H3,(H2,14,17). The number of hydrogen-bond acceptors (Lipinski definition) is 5. The molecule has 102 valence electrons. The molecule has 6 nitrogen and oxygen atoms in total. The van der Waals surface area contributed by atoms with E-state index in [-0.39, 0.29) is 0 Å². The van der Waals surface area contributed by atoms with Crippen LogP contribution in [-0.2, 0) is 0 Å². The summed E-state index contributed by atoms with van der Waals surface area (Å²) >= 11 is 0. The van der Waals surface area contributed by atoms with Crippen LogP contribution in [0.1, 0.15) is 36.2 Å². The minimum atomic E-state index is -0.513. The van der Waals surface area contributed by atoms with Gasteiger partial charge in [0.1, 0.15) is 11.4 Å². The van der Waals surface area contributed by atoms with Gasteiger partial charge < -0.3 is 10.5 Å². The maximum atomic E-state index is 11.4. The van der Waals surface area contributed by atoms with E-state index in [9.17, 15) is 10.0 Å². The number of nitrogens with two attached hydrogens (primary N) is 1. The third-order valence-corrected chi connectivity index (χ3v) is 3.26. The summed E-state index contributed by atoms with van der Waals surface area (Å²) < 4.78 is 5.25. The van der Waals surface area contributed by atoms with E-state index in [2.05, 4.69) is 5.43 Å². The number of benzene rings is 1. The van der Waals surface area contributed by atoms with Crippen LogP contribution in [0.15, 0.2) is 17.8 Å². The van der Waals surface area contributed by atoms with E-state index in [4.69, 9.17) is 10.5 Å². The summed E-state index contributed by atoms with van der Waals surface area (Å²) in [6, 6.07) is 3.26. The summed E-state index contributed by atoms with van der Waals surface area (Å²) in [7, 11) is 1.50. The molecule has 0 spiro atoms. The van der Waals surface area contributed by atoms with E-state index in [1.54, 1.807) is 19.1 Å². The zero-order valence-electron chi connectivity index (χ0n) is 11.2. The lowest BCUT2D eigenvalue weighted by molar-refractivity contribution is -0.0298. The Morgan fingerprint density at radius 1 is 1.53 bits per heavy atom. The molecule has 0 saturated heterocycles. The third kappa shape index (κ3) is 2.10. The first-order valence-electron chi connectivity index (χ1n) is 5.97. The van der Waals surface area contributed by atoms with Crippen LogP contribution in [0.3, 0.4) is 0 Å². The predicted octanol–water partition coefficient (Wildman–Crippen LogP) is 1.97. The molecule has 1 amide bonds. The molecule has 0 aromatic heterocycles. The van der Waals surface area contributed by atoms with Crippen molar-refractivity contribution in [3.63, 3.8) is 0 Å². The van der Waals surface area contributed by atoms with E-state index in [0.717, 1.165) is 16.3 Å². The number of fused-ring (bicyclic) bond motifs is 1. The molecule has 1 aliphatic rings. The summed E-state index contributed by atoms with van der Waals surface area (Å²) in [5.74, 6) is -0.0514. The molecule has 1 heterocycles. The van der Waals surface area contributed by atoms with Crippen molar-refractivity contribution >= 4 is 17.2 Å². The van der Waals surface area contributed by atoms with Crippen molar-refractivity contribution < 1.29 is 14.7 Å². The molecule has 0 saturated carbocycles. The van der Waals surface area contributed by atoms with Crippen LogP contribution < -0.4 is 15.9 Å². The minimum absolute atomic E-state index is 0.377. The van der Waals surface area contributed by atoms with Gasteiger partial charge >= 0.3 is 0 Å². The van der Waals surface area contributed by atoms with Crippen molar-refractivity contribution in [2.45, 2.75) is 20.3 Å². The van der Waals surface area contributed by atoms with E-state index >= 15 is 0 Å². The van der Waals surface area contributed by atoms with E-state index in [0.29, 0.717) is 29.1 Å². The zero-order valence-corrected chi connectivity index (χ0v) is 11.2. The van der Waals surface area contributed by atoms with Crippen LogP contribution in [-0.4, -0.2) is 23.4 Å². The first-order chi connectivity index (χ1) is 8.99. The summed E-state index contributed by atoms with van der Waals surface area (Å²) in [4.78, 5) is 11.4. The van der Waals surface area contributed by atoms with E-state index in [1.165, 1.54) is 7.11 Å². The fraction of sp³-hybridized carbons (Fsp3) is 0.308. The van der Waals surface area contributed by atoms with E-state index < -0.39 is 5.91 Å². The minimum Gasteiger partial charge on any atom is -0.494 e. The number of rotatable bonds is 3. The second-order valence-electron chi connectivity index (χ2n) is 4.31. The van der Waals surface area contributed by atoms with Gasteiger partial charge in [0, 0.05) is 11.1 Å². The SMILES string of the molecule is CCC1=C(C)N(O)Nc2c(OC)cc(C(N)=O)cc21. The average molecular weight is 263 g/mol. The van der Waals surface area contributed by atoms with Gasteiger partial charge in [-0.25, -0.2) is 0 Å². The number of ether oxygens (including phenoxy) is 1. The molecule has 19 heavy (non-hydrogen) atoms. The Balaban J connectivity index is 2.71. The molecule has 6 heteroatoms. The van der Waals surface area contributed by atoms with Crippen molar-refractivity contribution in [1.29, 1.82) is 0 Å². The number of primary amides is 1. The third-order valence-electron chi connectivity index (χ3n) is 3.26. The lowest BCUT2D eigenvalue weighted by Gasteiger charge is -2.31. The van der Waals surface area contributed by atoms with Gasteiger partial charge in [-0.05, 0) is 31.1 Å². The summed E-state index contributed by atoms with van der Waals surface area (Å²) in [5.41, 5.74) is 11.6. The lowest BCUT2D eigenvalue weighted by Crippen LogP contribution is -2.29. The predicted molar refractivity (Wildman–Crippen MR) is 71.6 cm³/mol.